The monoisotopic (exact) mass is 495 g/mol. The second kappa shape index (κ2) is 8.58. The van der Waals surface area contributed by atoms with Crippen molar-refractivity contribution in [3.05, 3.63) is 34.4 Å². The number of benzene rings is 1. The molecule has 1 aromatic rings. The van der Waals surface area contributed by atoms with E-state index < -0.39 is 71.3 Å². The number of ether oxygens (including phenoxy) is 1. The van der Waals surface area contributed by atoms with Gasteiger partial charge in [0, 0.05) is 13.5 Å². The molecule has 1 aromatic carbocycles. The molecule has 0 fully saturated rings. The van der Waals surface area contributed by atoms with Crippen LogP contribution in [0.15, 0.2) is 12.1 Å². The second-order valence-corrected chi connectivity index (χ2v) is 6.28. The van der Waals surface area contributed by atoms with E-state index in [1.54, 1.807) is 0 Å². The van der Waals surface area contributed by atoms with E-state index in [0.29, 0.717) is 6.07 Å². The summed E-state index contributed by atoms with van der Waals surface area (Å²) < 4.78 is 174. The van der Waals surface area contributed by atoms with Crippen molar-refractivity contribution >= 4 is 0 Å². The Morgan fingerprint density at radius 2 is 1.22 bits per heavy atom. The molecule has 0 amide bonds. The fourth-order valence-corrected chi connectivity index (χ4v) is 2.71. The predicted octanol–water partition coefficient (Wildman–Crippen LogP) is 5.87. The summed E-state index contributed by atoms with van der Waals surface area (Å²) in [5.41, 5.74) is -14.1. The van der Waals surface area contributed by atoms with Crippen LogP contribution in [-0.4, -0.2) is 36.3 Å². The lowest BCUT2D eigenvalue weighted by Crippen LogP contribution is -2.61. The third kappa shape index (κ3) is 5.20. The number of hydrogen-bond acceptors (Lipinski definition) is 3. The van der Waals surface area contributed by atoms with Gasteiger partial charge in [-0.15, -0.1) is 0 Å². The molecule has 0 heterocycles. The zero-order valence-corrected chi connectivity index (χ0v) is 15.2. The molecule has 1 N–H and O–H groups in total. The van der Waals surface area contributed by atoms with Crippen molar-refractivity contribution in [2.24, 2.45) is 0 Å². The van der Waals surface area contributed by atoms with Crippen molar-refractivity contribution in [2.45, 2.75) is 49.0 Å². The highest BCUT2D eigenvalue weighted by Gasteiger charge is 2.76. The summed E-state index contributed by atoms with van der Waals surface area (Å²) >= 11 is 0. The summed E-state index contributed by atoms with van der Waals surface area (Å²) in [6.07, 6.45) is -33.2. The van der Waals surface area contributed by atoms with Gasteiger partial charge >= 0.3 is 30.4 Å². The van der Waals surface area contributed by atoms with Crippen molar-refractivity contribution in [3.8, 4) is 6.07 Å². The highest BCUT2D eigenvalue weighted by Crippen LogP contribution is 2.51. The first-order valence-corrected chi connectivity index (χ1v) is 7.88. The van der Waals surface area contributed by atoms with Gasteiger partial charge in [0.25, 0.3) is 0 Å². The maximum atomic E-state index is 14.1. The fraction of sp³-hybridized carbons (Fsp3) is 0.562. The first-order chi connectivity index (χ1) is 14.1. The molecule has 3 nitrogen and oxygen atoms in total. The average molecular weight is 495 g/mol. The van der Waals surface area contributed by atoms with Gasteiger partial charge in [-0.2, -0.15) is 57.9 Å². The first kappa shape index (κ1) is 27.8. The SMILES string of the molecule is COC(CC(O)c1cc(C(F)(F)F)c(C#N)c(C(F)(F)F)c1)C(F)(C(F)(F)F)C(F)(F)F. The zero-order valence-electron chi connectivity index (χ0n) is 15.2. The molecule has 0 aliphatic heterocycles. The van der Waals surface area contributed by atoms with E-state index in [1.165, 1.54) is 0 Å². The fourth-order valence-electron chi connectivity index (χ4n) is 2.71. The Labute approximate surface area is 170 Å². The van der Waals surface area contributed by atoms with E-state index >= 15 is 0 Å². The molecular weight excluding hydrogens is 485 g/mol. The Morgan fingerprint density at radius 1 is 0.844 bits per heavy atom. The molecule has 0 aliphatic carbocycles. The van der Waals surface area contributed by atoms with Crippen molar-refractivity contribution < 1.29 is 66.9 Å². The van der Waals surface area contributed by atoms with Gasteiger partial charge in [-0.1, -0.05) is 0 Å². The summed E-state index contributed by atoms with van der Waals surface area (Å²) in [5, 5.41) is 18.6. The number of methoxy groups -OCH3 is 1. The summed E-state index contributed by atoms with van der Waals surface area (Å²) in [5.74, 6) is 0. The maximum absolute atomic E-state index is 14.1. The molecule has 2 atom stereocenters. The molecule has 0 spiro atoms. The second-order valence-electron chi connectivity index (χ2n) is 6.28. The number of aliphatic hydroxyl groups is 1. The van der Waals surface area contributed by atoms with E-state index in [1.807, 2.05) is 0 Å². The van der Waals surface area contributed by atoms with Crippen LogP contribution in [0.4, 0.5) is 57.1 Å². The van der Waals surface area contributed by atoms with Crippen LogP contribution in [0.25, 0.3) is 0 Å². The molecule has 0 aliphatic rings. The molecule has 0 saturated heterocycles. The van der Waals surface area contributed by atoms with Gasteiger partial charge in [0.05, 0.1) is 22.8 Å². The normalized spacial score (nSPS) is 15.9. The molecule has 0 radical (unpaired) electrons. The maximum Gasteiger partial charge on any atom is 0.434 e. The lowest BCUT2D eigenvalue weighted by molar-refractivity contribution is -0.368. The number of nitrogens with zero attached hydrogens (tertiary/aromatic N) is 1. The van der Waals surface area contributed by atoms with Crippen molar-refractivity contribution in [1.29, 1.82) is 5.26 Å². The third-order valence-corrected chi connectivity index (χ3v) is 4.26. The third-order valence-electron chi connectivity index (χ3n) is 4.26. The molecule has 182 valence electrons. The van der Waals surface area contributed by atoms with Crippen LogP contribution in [0.5, 0.6) is 0 Å². The lowest BCUT2D eigenvalue weighted by Gasteiger charge is -2.36. The van der Waals surface area contributed by atoms with Crippen LogP contribution in [0.3, 0.4) is 0 Å². The van der Waals surface area contributed by atoms with Crippen LogP contribution in [0.2, 0.25) is 0 Å². The van der Waals surface area contributed by atoms with Gasteiger partial charge in [0.15, 0.2) is 0 Å². The van der Waals surface area contributed by atoms with Crippen molar-refractivity contribution in [3.63, 3.8) is 0 Å². The van der Waals surface area contributed by atoms with E-state index in [9.17, 15) is 62.2 Å². The summed E-state index contributed by atoms with van der Waals surface area (Å²) in [4.78, 5) is 0. The Bertz CT molecular complexity index is 812. The minimum absolute atomic E-state index is 0.157. The first-order valence-electron chi connectivity index (χ1n) is 7.88. The average Bonchev–Trinajstić information content (AvgIpc) is 2.60. The quantitative estimate of drug-likeness (QED) is 0.521. The van der Waals surface area contributed by atoms with Crippen LogP contribution in [0, 0.1) is 11.3 Å². The number of aliphatic hydroxyl groups excluding tert-OH is 1. The molecule has 1 rings (SSSR count). The lowest BCUT2D eigenvalue weighted by atomic mass is 9.88. The minimum Gasteiger partial charge on any atom is -0.388 e. The molecule has 2 unspecified atom stereocenters. The van der Waals surface area contributed by atoms with Gasteiger partial charge in [0.1, 0.15) is 12.2 Å². The molecule has 0 aromatic heterocycles. The number of hydrogen-bond donors (Lipinski definition) is 1. The standard InChI is InChI=1S/C16H10F13NO2/c1-32-11(12(17,15(24,25)26)16(27,28)29)4-10(31)6-2-8(13(18,19)20)7(5-30)9(3-6)14(21,22)23/h2-3,10-11,31H,4H2,1H3. The Morgan fingerprint density at radius 3 is 1.47 bits per heavy atom. The molecular formula is C16H10F13NO2. The predicted molar refractivity (Wildman–Crippen MR) is 77.5 cm³/mol. The molecule has 16 heteroatoms. The summed E-state index contributed by atoms with van der Waals surface area (Å²) in [6, 6.07) is 0.112. The van der Waals surface area contributed by atoms with Crippen LogP contribution in [0.1, 0.15) is 34.8 Å². The number of alkyl halides is 13. The molecule has 0 bridgehead atoms. The number of nitriles is 1. The molecule has 0 saturated carbocycles. The number of rotatable bonds is 5. The largest absolute Gasteiger partial charge is 0.434 e. The van der Waals surface area contributed by atoms with Crippen molar-refractivity contribution in [2.75, 3.05) is 7.11 Å². The van der Waals surface area contributed by atoms with Gasteiger partial charge in [0.2, 0.25) is 0 Å². The zero-order chi connectivity index (χ0) is 25.5. The van der Waals surface area contributed by atoms with E-state index in [2.05, 4.69) is 4.74 Å². The Balaban J connectivity index is 3.65. The smallest absolute Gasteiger partial charge is 0.388 e. The van der Waals surface area contributed by atoms with Crippen molar-refractivity contribution in [1.82, 2.24) is 0 Å². The Hall–Kier alpha value is -2.28. The summed E-state index contributed by atoms with van der Waals surface area (Å²) in [6.45, 7) is 0. The summed E-state index contributed by atoms with van der Waals surface area (Å²) in [7, 11) is 0.157. The van der Waals surface area contributed by atoms with Crippen LogP contribution >= 0.6 is 0 Å². The van der Waals surface area contributed by atoms with Crippen LogP contribution < -0.4 is 0 Å². The van der Waals surface area contributed by atoms with Gasteiger partial charge < -0.3 is 9.84 Å². The molecule has 32 heavy (non-hydrogen) atoms. The van der Waals surface area contributed by atoms with E-state index in [4.69, 9.17) is 5.26 Å². The minimum atomic E-state index is -6.68. The van der Waals surface area contributed by atoms with Gasteiger partial charge in [-0.25, -0.2) is 4.39 Å². The van der Waals surface area contributed by atoms with E-state index in [0.717, 1.165) is 0 Å². The van der Waals surface area contributed by atoms with Gasteiger partial charge in [-0.3, -0.25) is 0 Å². The highest BCUT2D eigenvalue weighted by molar-refractivity contribution is 5.50. The highest BCUT2D eigenvalue weighted by atomic mass is 19.4. The number of halogens is 13. The van der Waals surface area contributed by atoms with E-state index in [-0.39, 0.29) is 19.2 Å². The van der Waals surface area contributed by atoms with Crippen LogP contribution in [-0.2, 0) is 17.1 Å². The topological polar surface area (TPSA) is 53.2 Å². The Kier molecular flexibility index (Phi) is 7.44. The van der Waals surface area contributed by atoms with Gasteiger partial charge in [-0.05, 0) is 17.7 Å².